The number of halogens is 1. The number of fused-ring (bicyclic) bond motifs is 1. The van der Waals surface area contributed by atoms with Crippen molar-refractivity contribution in [1.82, 2.24) is 4.57 Å². The molecule has 7 nitrogen and oxygen atoms in total. The Balaban J connectivity index is 1.79. The zero-order valence-electron chi connectivity index (χ0n) is 21.8. The van der Waals surface area contributed by atoms with Crippen LogP contribution in [0.15, 0.2) is 54.6 Å². The van der Waals surface area contributed by atoms with E-state index in [0.717, 1.165) is 34.5 Å². The number of hydrogen-bond donors (Lipinski definition) is 3. The number of aliphatic hydroxyl groups excluding tert-OH is 2. The maximum atomic E-state index is 14.1. The molecule has 0 radical (unpaired) electrons. The number of aliphatic carboxylic acids is 1. The van der Waals surface area contributed by atoms with E-state index in [1.807, 2.05) is 48.7 Å². The van der Waals surface area contributed by atoms with Crippen LogP contribution in [-0.4, -0.2) is 50.5 Å². The van der Waals surface area contributed by atoms with Crippen molar-refractivity contribution in [3.63, 3.8) is 0 Å². The summed E-state index contributed by atoms with van der Waals surface area (Å²) in [5.41, 5.74) is 4.91. The first-order valence-corrected chi connectivity index (χ1v) is 13.1. The highest BCUT2D eigenvalue weighted by molar-refractivity contribution is 6.08. The van der Waals surface area contributed by atoms with Gasteiger partial charge in [0.15, 0.2) is 0 Å². The van der Waals surface area contributed by atoms with Gasteiger partial charge in [-0.05, 0) is 81.3 Å². The summed E-state index contributed by atoms with van der Waals surface area (Å²) in [6, 6.07) is 15.8. The van der Waals surface area contributed by atoms with E-state index in [2.05, 4.69) is 0 Å². The van der Waals surface area contributed by atoms with Crippen LogP contribution >= 0.6 is 0 Å². The van der Waals surface area contributed by atoms with E-state index in [1.165, 1.54) is 12.1 Å². The Morgan fingerprint density at radius 3 is 2.34 bits per heavy atom. The molecular weight excluding hydrogens is 487 g/mol. The van der Waals surface area contributed by atoms with Crippen LogP contribution < -0.4 is 4.90 Å². The molecule has 1 aliphatic heterocycles. The number of benzene rings is 2. The number of carboxylic acid groups (broad SMARTS) is 1. The largest absolute Gasteiger partial charge is 0.481 e. The Morgan fingerprint density at radius 1 is 1.03 bits per heavy atom. The Bertz CT molecular complexity index is 1270. The minimum Gasteiger partial charge on any atom is -0.481 e. The maximum absolute atomic E-state index is 14.1. The van der Waals surface area contributed by atoms with E-state index in [4.69, 9.17) is 5.11 Å². The highest BCUT2D eigenvalue weighted by Crippen LogP contribution is 2.39. The molecule has 0 fully saturated rings. The molecule has 0 spiro atoms. The number of amides is 1. The van der Waals surface area contributed by atoms with Gasteiger partial charge in [0, 0.05) is 29.5 Å². The number of carbonyl (C=O) groups excluding carboxylic acids is 1. The molecule has 1 amide bonds. The van der Waals surface area contributed by atoms with Gasteiger partial charge in [-0.25, -0.2) is 4.39 Å². The zero-order valence-corrected chi connectivity index (χ0v) is 21.8. The molecule has 202 valence electrons. The Labute approximate surface area is 222 Å². The van der Waals surface area contributed by atoms with Gasteiger partial charge < -0.3 is 24.8 Å². The van der Waals surface area contributed by atoms with Crippen LogP contribution in [0.5, 0.6) is 0 Å². The molecule has 2 atom stereocenters. The van der Waals surface area contributed by atoms with Crippen molar-refractivity contribution in [3.8, 4) is 11.1 Å². The molecule has 0 aliphatic carbocycles. The molecule has 0 unspecified atom stereocenters. The summed E-state index contributed by atoms with van der Waals surface area (Å²) in [5.74, 6) is -1.56. The number of carbonyl (C=O) groups is 2. The monoisotopic (exact) mass is 522 g/mol. The van der Waals surface area contributed by atoms with Crippen molar-refractivity contribution in [2.24, 2.45) is 0 Å². The quantitative estimate of drug-likeness (QED) is 0.348. The summed E-state index contributed by atoms with van der Waals surface area (Å²) in [6.45, 7) is 4.60. The van der Waals surface area contributed by atoms with Gasteiger partial charge in [0.25, 0.3) is 5.91 Å². The maximum Gasteiger partial charge on any atom is 0.305 e. The van der Waals surface area contributed by atoms with Crippen LogP contribution in [0, 0.1) is 5.82 Å². The third kappa shape index (κ3) is 5.97. The second kappa shape index (κ2) is 11.9. The molecule has 3 aromatic rings. The first kappa shape index (κ1) is 27.5. The van der Waals surface area contributed by atoms with Crippen LogP contribution in [0.1, 0.15) is 67.3 Å². The van der Waals surface area contributed by atoms with Gasteiger partial charge in [-0.1, -0.05) is 30.3 Å². The Hall–Kier alpha value is -3.49. The molecule has 0 saturated heterocycles. The lowest BCUT2D eigenvalue weighted by Crippen LogP contribution is -2.33. The van der Waals surface area contributed by atoms with Gasteiger partial charge in [-0.3, -0.25) is 9.59 Å². The number of aromatic nitrogens is 1. The van der Waals surface area contributed by atoms with Crippen LogP contribution in [0.2, 0.25) is 0 Å². The van der Waals surface area contributed by atoms with Gasteiger partial charge >= 0.3 is 5.97 Å². The molecule has 3 N–H and O–H groups in total. The molecule has 0 bridgehead atoms. The molecule has 2 aromatic carbocycles. The van der Waals surface area contributed by atoms with Gasteiger partial charge in [0.1, 0.15) is 11.5 Å². The smallest absolute Gasteiger partial charge is 0.305 e. The SMILES string of the molecule is CC(C)n1c(CC[C@@H](O)C[C@@H](O)CC(=O)O)c(-c2ccc(F)cc2)c2c1C(=O)N(c1ccccc1)CCC2. The number of aliphatic hydroxyl groups is 2. The van der Waals surface area contributed by atoms with Crippen LogP contribution in [0.3, 0.4) is 0 Å². The molecule has 38 heavy (non-hydrogen) atoms. The second-order valence-electron chi connectivity index (χ2n) is 10.2. The van der Waals surface area contributed by atoms with E-state index in [-0.39, 0.29) is 30.6 Å². The fraction of sp³-hybridized carbons (Fsp3) is 0.400. The fourth-order valence-corrected chi connectivity index (χ4v) is 5.46. The second-order valence-corrected chi connectivity index (χ2v) is 10.2. The van der Waals surface area contributed by atoms with E-state index in [0.29, 0.717) is 25.1 Å². The molecule has 0 saturated carbocycles. The highest BCUT2D eigenvalue weighted by Gasteiger charge is 2.34. The third-order valence-electron chi connectivity index (χ3n) is 7.05. The van der Waals surface area contributed by atoms with Gasteiger partial charge in [0.2, 0.25) is 0 Å². The van der Waals surface area contributed by atoms with Crippen molar-refractivity contribution < 1.29 is 29.3 Å². The summed E-state index contributed by atoms with van der Waals surface area (Å²) < 4.78 is 15.9. The molecular formula is C30H35FN2O5. The summed E-state index contributed by atoms with van der Waals surface area (Å²) >= 11 is 0. The van der Waals surface area contributed by atoms with Crippen molar-refractivity contribution in [2.75, 3.05) is 11.4 Å². The van der Waals surface area contributed by atoms with Crippen LogP contribution in [-0.2, 0) is 17.6 Å². The van der Waals surface area contributed by atoms with Crippen molar-refractivity contribution in [3.05, 3.63) is 77.4 Å². The van der Waals surface area contributed by atoms with Crippen molar-refractivity contribution in [1.29, 1.82) is 0 Å². The van der Waals surface area contributed by atoms with E-state index >= 15 is 0 Å². The molecule has 4 rings (SSSR count). The average Bonchev–Trinajstić information content (AvgIpc) is 3.10. The number of rotatable bonds is 10. The predicted octanol–water partition coefficient (Wildman–Crippen LogP) is 4.99. The number of hydrogen-bond acceptors (Lipinski definition) is 4. The number of carboxylic acids is 1. The lowest BCUT2D eigenvalue weighted by atomic mass is 9.94. The fourth-order valence-electron chi connectivity index (χ4n) is 5.46. The summed E-state index contributed by atoms with van der Waals surface area (Å²) in [5, 5.41) is 29.5. The highest BCUT2D eigenvalue weighted by atomic mass is 19.1. The Morgan fingerprint density at radius 2 is 1.71 bits per heavy atom. The minimum atomic E-state index is -1.14. The van der Waals surface area contributed by atoms with E-state index < -0.39 is 24.6 Å². The summed E-state index contributed by atoms with van der Waals surface area (Å²) in [4.78, 5) is 26.8. The van der Waals surface area contributed by atoms with Gasteiger partial charge in [0.05, 0.1) is 18.6 Å². The predicted molar refractivity (Wildman–Crippen MR) is 144 cm³/mol. The van der Waals surface area contributed by atoms with E-state index in [1.54, 1.807) is 17.0 Å². The Kier molecular flexibility index (Phi) is 8.64. The zero-order chi connectivity index (χ0) is 27.4. The van der Waals surface area contributed by atoms with Gasteiger partial charge in [-0.15, -0.1) is 0 Å². The van der Waals surface area contributed by atoms with E-state index in [9.17, 15) is 24.2 Å². The number of para-hydroxylation sites is 1. The molecule has 8 heteroatoms. The topological polar surface area (TPSA) is 103 Å². The van der Waals surface area contributed by atoms with Crippen molar-refractivity contribution >= 4 is 17.6 Å². The summed E-state index contributed by atoms with van der Waals surface area (Å²) in [6.07, 6.45) is -0.448. The van der Waals surface area contributed by atoms with Gasteiger partial charge in [-0.2, -0.15) is 0 Å². The lowest BCUT2D eigenvalue weighted by Gasteiger charge is -2.24. The number of anilines is 1. The minimum absolute atomic E-state index is 0.0546. The third-order valence-corrected chi connectivity index (χ3v) is 7.05. The van der Waals surface area contributed by atoms with Crippen LogP contribution in [0.25, 0.3) is 11.1 Å². The molecule has 2 heterocycles. The first-order valence-electron chi connectivity index (χ1n) is 13.1. The standard InChI is InChI=1S/C30H35FN2O5/c1-19(2)33-26(15-14-23(34)17-24(35)18-27(36)37)28(20-10-12-21(31)13-11-20)25-9-6-16-32(30(38)29(25)33)22-7-4-3-5-8-22/h3-5,7-8,10-13,19,23-24,34-35H,6,9,14-18H2,1-2H3,(H,36,37)/t23-,24-/m1/s1. The summed E-state index contributed by atoms with van der Waals surface area (Å²) in [7, 11) is 0. The van der Waals surface area contributed by atoms with Crippen molar-refractivity contribution in [2.45, 2.75) is 70.6 Å². The number of nitrogens with zero attached hydrogens (tertiary/aromatic N) is 2. The normalized spacial score (nSPS) is 15.3. The lowest BCUT2D eigenvalue weighted by molar-refractivity contribution is -0.139. The van der Waals surface area contributed by atoms with Crippen LogP contribution in [0.4, 0.5) is 10.1 Å². The molecule has 1 aromatic heterocycles. The molecule has 1 aliphatic rings. The average molecular weight is 523 g/mol. The first-order chi connectivity index (χ1) is 18.2.